The van der Waals surface area contributed by atoms with Crippen LogP contribution in [0.4, 0.5) is 5.69 Å². The number of fused-ring (bicyclic) bond motifs is 2. The lowest BCUT2D eigenvalue weighted by Gasteiger charge is -2.29. The zero-order valence-electron chi connectivity index (χ0n) is 15.6. The van der Waals surface area contributed by atoms with E-state index >= 15 is 0 Å². The van der Waals surface area contributed by atoms with Crippen molar-refractivity contribution in [3.8, 4) is 5.75 Å². The fraction of sp³-hybridized carbons (Fsp3) is 0.227. The van der Waals surface area contributed by atoms with Gasteiger partial charge in [-0.05, 0) is 42.7 Å². The van der Waals surface area contributed by atoms with E-state index in [4.69, 9.17) is 13.9 Å². The highest BCUT2D eigenvalue weighted by molar-refractivity contribution is 5.96. The fourth-order valence-electron chi connectivity index (χ4n) is 3.33. The molecule has 7 heteroatoms. The lowest BCUT2D eigenvalue weighted by molar-refractivity contribution is -0.149. The Morgan fingerprint density at radius 2 is 1.86 bits per heavy atom. The van der Waals surface area contributed by atoms with E-state index in [1.54, 1.807) is 23.1 Å². The average Bonchev–Trinajstić information content (AvgIpc) is 2.75. The Morgan fingerprint density at radius 1 is 1.03 bits per heavy atom. The standard InChI is InChI=1S/C22H19NO6/c24-20(23-11-3-5-15-4-1-2-6-18(15)23)13-28-22(26)14-27-17-9-7-16-8-10-21(25)29-19(16)12-17/h1-2,4,6-10,12H,3,5,11,13-14H2. The largest absolute Gasteiger partial charge is 0.482 e. The number of hydrogen-bond donors (Lipinski definition) is 0. The van der Waals surface area contributed by atoms with Crippen LogP contribution in [0.3, 0.4) is 0 Å². The second kappa shape index (κ2) is 8.18. The van der Waals surface area contributed by atoms with E-state index in [1.807, 2.05) is 24.3 Å². The smallest absolute Gasteiger partial charge is 0.344 e. The molecule has 2 heterocycles. The van der Waals surface area contributed by atoms with E-state index in [1.165, 1.54) is 12.1 Å². The third-order valence-corrected chi connectivity index (χ3v) is 4.72. The SMILES string of the molecule is O=C(COc1ccc2ccc(=O)oc2c1)OCC(=O)N1CCCc2ccccc21. The van der Waals surface area contributed by atoms with Gasteiger partial charge in [0.15, 0.2) is 13.2 Å². The molecule has 0 saturated heterocycles. The molecule has 1 aliphatic rings. The van der Waals surface area contributed by atoms with Crippen molar-refractivity contribution in [2.75, 3.05) is 24.7 Å². The van der Waals surface area contributed by atoms with Crippen LogP contribution in [0.15, 0.2) is 63.8 Å². The molecule has 4 rings (SSSR count). The van der Waals surface area contributed by atoms with Crippen molar-refractivity contribution in [2.24, 2.45) is 0 Å². The van der Waals surface area contributed by atoms with Gasteiger partial charge in [-0.15, -0.1) is 0 Å². The van der Waals surface area contributed by atoms with Crippen molar-refractivity contribution >= 4 is 28.5 Å². The predicted octanol–water partition coefficient (Wildman–Crippen LogP) is 2.69. The lowest BCUT2D eigenvalue weighted by atomic mass is 10.0. The van der Waals surface area contributed by atoms with Gasteiger partial charge in [0.05, 0.1) is 0 Å². The molecule has 0 aliphatic carbocycles. The van der Waals surface area contributed by atoms with Crippen LogP contribution in [-0.2, 0) is 20.7 Å². The van der Waals surface area contributed by atoms with E-state index in [-0.39, 0.29) is 19.1 Å². The first-order chi connectivity index (χ1) is 14.1. The zero-order valence-corrected chi connectivity index (χ0v) is 15.6. The monoisotopic (exact) mass is 393 g/mol. The molecular formula is C22H19NO6. The number of anilines is 1. The van der Waals surface area contributed by atoms with Crippen LogP contribution in [0.25, 0.3) is 11.0 Å². The number of rotatable bonds is 5. The van der Waals surface area contributed by atoms with Gasteiger partial charge >= 0.3 is 11.6 Å². The maximum Gasteiger partial charge on any atom is 0.344 e. The van der Waals surface area contributed by atoms with Crippen molar-refractivity contribution in [3.63, 3.8) is 0 Å². The van der Waals surface area contributed by atoms with Crippen LogP contribution in [0.2, 0.25) is 0 Å². The van der Waals surface area contributed by atoms with E-state index < -0.39 is 11.6 Å². The van der Waals surface area contributed by atoms with Crippen LogP contribution in [0.1, 0.15) is 12.0 Å². The third kappa shape index (κ3) is 4.29. The third-order valence-electron chi connectivity index (χ3n) is 4.72. The minimum absolute atomic E-state index is 0.266. The number of hydrogen-bond acceptors (Lipinski definition) is 6. The summed E-state index contributed by atoms with van der Waals surface area (Å²) in [6.45, 7) is -0.0955. The Labute approximate surface area is 166 Å². The van der Waals surface area contributed by atoms with Crippen molar-refractivity contribution in [1.29, 1.82) is 0 Å². The van der Waals surface area contributed by atoms with E-state index in [0.717, 1.165) is 29.5 Å². The Kier molecular flexibility index (Phi) is 5.29. The molecule has 0 N–H and O–H groups in total. The van der Waals surface area contributed by atoms with Gasteiger partial charge in [0.2, 0.25) is 0 Å². The molecule has 0 radical (unpaired) electrons. The molecule has 1 aromatic heterocycles. The number of carbonyl (C=O) groups excluding carboxylic acids is 2. The van der Waals surface area contributed by atoms with Crippen molar-refractivity contribution in [2.45, 2.75) is 12.8 Å². The highest BCUT2D eigenvalue weighted by Gasteiger charge is 2.23. The maximum atomic E-state index is 12.5. The first kappa shape index (κ1) is 18.7. The first-order valence-electron chi connectivity index (χ1n) is 9.31. The molecule has 0 bridgehead atoms. The number of nitrogens with zero attached hydrogens (tertiary/aromatic N) is 1. The quantitative estimate of drug-likeness (QED) is 0.489. The first-order valence-corrected chi connectivity index (χ1v) is 9.31. The predicted molar refractivity (Wildman–Crippen MR) is 106 cm³/mol. The molecule has 148 valence electrons. The number of ether oxygens (including phenoxy) is 2. The molecule has 0 spiro atoms. The summed E-state index contributed by atoms with van der Waals surface area (Å²) in [5.41, 5.74) is 1.88. The zero-order chi connectivity index (χ0) is 20.2. The molecule has 0 saturated carbocycles. The molecule has 0 unspecified atom stereocenters. The minimum atomic E-state index is -0.654. The van der Waals surface area contributed by atoms with Gasteiger partial charge in [-0.25, -0.2) is 9.59 Å². The summed E-state index contributed by atoms with van der Waals surface area (Å²) in [4.78, 5) is 37.4. The summed E-state index contributed by atoms with van der Waals surface area (Å²) < 4.78 is 15.5. The molecule has 2 aromatic carbocycles. The second-order valence-corrected chi connectivity index (χ2v) is 6.68. The van der Waals surface area contributed by atoms with Crippen LogP contribution in [0, 0.1) is 0 Å². The molecule has 29 heavy (non-hydrogen) atoms. The summed E-state index contributed by atoms with van der Waals surface area (Å²) in [5.74, 6) is -0.559. The van der Waals surface area contributed by atoms with Gasteiger partial charge in [-0.2, -0.15) is 0 Å². The van der Waals surface area contributed by atoms with Crippen molar-refractivity contribution in [1.82, 2.24) is 0 Å². The number of para-hydroxylation sites is 1. The van der Waals surface area contributed by atoms with Crippen LogP contribution in [-0.4, -0.2) is 31.6 Å². The highest BCUT2D eigenvalue weighted by atomic mass is 16.6. The molecule has 1 amide bonds. The summed E-state index contributed by atoms with van der Waals surface area (Å²) in [6.07, 6.45) is 1.80. The van der Waals surface area contributed by atoms with Gasteiger partial charge < -0.3 is 18.8 Å². The number of benzene rings is 2. The average molecular weight is 393 g/mol. The lowest BCUT2D eigenvalue weighted by Crippen LogP contribution is -2.38. The topological polar surface area (TPSA) is 86.0 Å². The Bertz CT molecular complexity index is 1120. The van der Waals surface area contributed by atoms with Crippen molar-refractivity contribution in [3.05, 3.63) is 70.6 Å². The molecule has 0 fully saturated rings. The second-order valence-electron chi connectivity index (χ2n) is 6.68. The number of esters is 1. The van der Waals surface area contributed by atoms with Gasteiger partial charge in [0, 0.05) is 29.8 Å². The van der Waals surface area contributed by atoms with Crippen LogP contribution in [0.5, 0.6) is 5.75 Å². The van der Waals surface area contributed by atoms with Gasteiger partial charge in [-0.1, -0.05) is 18.2 Å². The van der Waals surface area contributed by atoms with Crippen molar-refractivity contribution < 1.29 is 23.5 Å². The summed E-state index contributed by atoms with van der Waals surface area (Å²) in [7, 11) is 0. The maximum absolute atomic E-state index is 12.5. The van der Waals surface area contributed by atoms with E-state index in [0.29, 0.717) is 17.9 Å². The molecule has 1 aliphatic heterocycles. The molecule has 7 nitrogen and oxygen atoms in total. The number of aryl methyl sites for hydroxylation is 1. The summed E-state index contributed by atoms with van der Waals surface area (Å²) in [5, 5.41) is 0.743. The highest BCUT2D eigenvalue weighted by Crippen LogP contribution is 2.26. The molecule has 3 aromatic rings. The van der Waals surface area contributed by atoms with Gasteiger partial charge in [0.1, 0.15) is 11.3 Å². The Balaban J connectivity index is 1.31. The number of amides is 1. The number of carbonyl (C=O) groups is 2. The van der Waals surface area contributed by atoms with Crippen LogP contribution < -0.4 is 15.3 Å². The van der Waals surface area contributed by atoms with E-state index in [9.17, 15) is 14.4 Å². The minimum Gasteiger partial charge on any atom is -0.482 e. The fourth-order valence-corrected chi connectivity index (χ4v) is 3.33. The van der Waals surface area contributed by atoms with Gasteiger partial charge in [-0.3, -0.25) is 4.79 Å². The summed E-state index contributed by atoms with van der Waals surface area (Å²) >= 11 is 0. The summed E-state index contributed by atoms with van der Waals surface area (Å²) in [6, 6.07) is 15.6. The Morgan fingerprint density at radius 3 is 2.76 bits per heavy atom. The normalized spacial score (nSPS) is 13.0. The molecular weight excluding hydrogens is 374 g/mol. The van der Waals surface area contributed by atoms with E-state index in [2.05, 4.69) is 0 Å². The molecule has 0 atom stereocenters. The van der Waals surface area contributed by atoms with Crippen LogP contribution >= 0.6 is 0 Å². The Hall–Kier alpha value is -3.61. The van der Waals surface area contributed by atoms with Gasteiger partial charge in [0.25, 0.3) is 5.91 Å².